The molecule has 3 heteroatoms. The summed E-state index contributed by atoms with van der Waals surface area (Å²) in [4.78, 5) is 5.16. The van der Waals surface area contributed by atoms with Gasteiger partial charge < -0.3 is 10.2 Å². The summed E-state index contributed by atoms with van der Waals surface area (Å²) in [5.41, 5.74) is 1.45. The second kappa shape index (κ2) is 7.63. The van der Waals surface area contributed by atoms with Gasteiger partial charge in [-0.3, -0.25) is 4.90 Å². The molecule has 1 N–H and O–H groups in total. The van der Waals surface area contributed by atoms with Crippen LogP contribution in [0.15, 0.2) is 30.3 Å². The van der Waals surface area contributed by atoms with Gasteiger partial charge in [0.1, 0.15) is 0 Å². The zero-order chi connectivity index (χ0) is 13.5. The van der Waals surface area contributed by atoms with Crippen molar-refractivity contribution in [3.8, 4) is 0 Å². The Kier molecular flexibility index (Phi) is 5.83. The Morgan fingerprint density at radius 1 is 1.11 bits per heavy atom. The fourth-order valence-electron chi connectivity index (χ4n) is 2.83. The first-order valence-electron chi connectivity index (χ1n) is 7.57. The first-order chi connectivity index (χ1) is 9.35. The van der Waals surface area contributed by atoms with E-state index < -0.39 is 0 Å². The van der Waals surface area contributed by atoms with Crippen molar-refractivity contribution in [3.63, 3.8) is 0 Å². The van der Waals surface area contributed by atoms with Crippen molar-refractivity contribution in [2.45, 2.75) is 19.9 Å². The Morgan fingerprint density at radius 2 is 1.74 bits per heavy atom. The monoisotopic (exact) mass is 261 g/mol. The Bertz CT molecular complexity index is 342. The summed E-state index contributed by atoms with van der Waals surface area (Å²) >= 11 is 0. The number of nitrogens with zero attached hydrogens (tertiary/aromatic N) is 2. The van der Waals surface area contributed by atoms with Crippen LogP contribution in [0.2, 0.25) is 0 Å². The molecule has 1 aliphatic heterocycles. The van der Waals surface area contributed by atoms with Gasteiger partial charge in [-0.15, -0.1) is 0 Å². The number of benzene rings is 1. The topological polar surface area (TPSA) is 18.5 Å². The van der Waals surface area contributed by atoms with Gasteiger partial charge in [0.2, 0.25) is 0 Å². The van der Waals surface area contributed by atoms with Gasteiger partial charge in [-0.25, -0.2) is 0 Å². The van der Waals surface area contributed by atoms with Gasteiger partial charge in [-0.1, -0.05) is 44.2 Å². The fourth-order valence-corrected chi connectivity index (χ4v) is 2.83. The third kappa shape index (κ3) is 4.03. The van der Waals surface area contributed by atoms with Gasteiger partial charge in [0.25, 0.3) is 0 Å². The Labute approximate surface area is 117 Å². The highest BCUT2D eigenvalue weighted by Crippen LogP contribution is 2.22. The second-order valence-corrected chi connectivity index (χ2v) is 5.20. The number of hydrogen-bond donors (Lipinski definition) is 1. The summed E-state index contributed by atoms with van der Waals surface area (Å²) < 4.78 is 0. The van der Waals surface area contributed by atoms with E-state index in [1.165, 1.54) is 5.56 Å². The van der Waals surface area contributed by atoms with Crippen LogP contribution in [0, 0.1) is 0 Å². The van der Waals surface area contributed by atoms with Crippen LogP contribution in [0.5, 0.6) is 0 Å². The SMILES string of the molecule is CCN(CC)C[C@@H](c1ccccc1)N1CCNCC1. The average Bonchev–Trinajstić information content (AvgIpc) is 2.50. The molecular weight excluding hydrogens is 234 g/mol. The highest BCUT2D eigenvalue weighted by molar-refractivity contribution is 5.19. The molecule has 1 aromatic carbocycles. The van der Waals surface area contributed by atoms with E-state index in [0.717, 1.165) is 45.8 Å². The van der Waals surface area contributed by atoms with Crippen LogP contribution in [0.25, 0.3) is 0 Å². The molecule has 19 heavy (non-hydrogen) atoms. The van der Waals surface area contributed by atoms with Crippen LogP contribution in [0.4, 0.5) is 0 Å². The maximum atomic E-state index is 3.45. The summed E-state index contributed by atoms with van der Waals surface area (Å²) in [7, 11) is 0. The highest BCUT2D eigenvalue weighted by Gasteiger charge is 2.23. The zero-order valence-electron chi connectivity index (χ0n) is 12.3. The largest absolute Gasteiger partial charge is 0.314 e. The number of hydrogen-bond acceptors (Lipinski definition) is 3. The molecule has 1 atom stereocenters. The lowest BCUT2D eigenvalue weighted by molar-refractivity contribution is 0.129. The lowest BCUT2D eigenvalue weighted by atomic mass is 10.0. The second-order valence-electron chi connectivity index (χ2n) is 5.20. The lowest BCUT2D eigenvalue weighted by Gasteiger charge is -2.37. The molecule has 0 radical (unpaired) electrons. The van der Waals surface area contributed by atoms with Crippen molar-refractivity contribution in [2.24, 2.45) is 0 Å². The smallest absolute Gasteiger partial charge is 0.0476 e. The summed E-state index contributed by atoms with van der Waals surface area (Å²) in [6.45, 7) is 12.4. The normalized spacial score (nSPS) is 18.7. The molecule has 1 aromatic rings. The van der Waals surface area contributed by atoms with E-state index >= 15 is 0 Å². The van der Waals surface area contributed by atoms with Crippen LogP contribution >= 0.6 is 0 Å². The molecule has 0 saturated carbocycles. The first kappa shape index (κ1) is 14.5. The Morgan fingerprint density at radius 3 is 2.32 bits per heavy atom. The fraction of sp³-hybridized carbons (Fsp3) is 0.625. The third-order valence-electron chi connectivity index (χ3n) is 4.10. The summed E-state index contributed by atoms with van der Waals surface area (Å²) in [5.74, 6) is 0. The van der Waals surface area contributed by atoms with Gasteiger partial charge in [0.15, 0.2) is 0 Å². The molecule has 0 amide bonds. The van der Waals surface area contributed by atoms with Crippen molar-refractivity contribution in [3.05, 3.63) is 35.9 Å². The molecule has 1 aliphatic rings. The summed E-state index contributed by atoms with van der Waals surface area (Å²) in [5, 5.41) is 3.45. The predicted octanol–water partition coefficient (Wildman–Crippen LogP) is 1.97. The lowest BCUT2D eigenvalue weighted by Crippen LogP contribution is -2.48. The van der Waals surface area contributed by atoms with E-state index in [1.54, 1.807) is 0 Å². The third-order valence-corrected chi connectivity index (χ3v) is 4.10. The molecule has 1 fully saturated rings. The Hall–Kier alpha value is -0.900. The number of nitrogens with one attached hydrogen (secondary N) is 1. The van der Waals surface area contributed by atoms with E-state index in [4.69, 9.17) is 0 Å². The molecule has 1 heterocycles. The molecule has 3 nitrogen and oxygen atoms in total. The minimum absolute atomic E-state index is 0.531. The van der Waals surface area contributed by atoms with E-state index in [1.807, 2.05) is 0 Å². The van der Waals surface area contributed by atoms with Crippen molar-refractivity contribution >= 4 is 0 Å². The number of rotatable bonds is 6. The standard InChI is InChI=1S/C16H27N3/c1-3-18(4-2)14-16(15-8-6-5-7-9-15)19-12-10-17-11-13-19/h5-9,16-17H,3-4,10-14H2,1-2H3/t16-/m0/s1. The minimum Gasteiger partial charge on any atom is -0.314 e. The molecular formula is C16H27N3. The van der Waals surface area contributed by atoms with E-state index in [-0.39, 0.29) is 0 Å². The Balaban J connectivity index is 2.12. The van der Waals surface area contributed by atoms with Gasteiger partial charge in [-0.2, -0.15) is 0 Å². The molecule has 0 aliphatic carbocycles. The predicted molar refractivity (Wildman–Crippen MR) is 81.4 cm³/mol. The minimum atomic E-state index is 0.531. The summed E-state index contributed by atoms with van der Waals surface area (Å²) in [6, 6.07) is 11.5. The zero-order valence-corrected chi connectivity index (χ0v) is 12.3. The molecule has 0 spiro atoms. The number of piperazine rings is 1. The van der Waals surface area contributed by atoms with Gasteiger partial charge in [0, 0.05) is 38.8 Å². The first-order valence-corrected chi connectivity index (χ1v) is 7.57. The van der Waals surface area contributed by atoms with Crippen LogP contribution in [0.3, 0.4) is 0 Å². The van der Waals surface area contributed by atoms with Crippen molar-refractivity contribution < 1.29 is 0 Å². The molecule has 1 saturated heterocycles. The van der Waals surface area contributed by atoms with Crippen LogP contribution in [-0.4, -0.2) is 55.6 Å². The van der Waals surface area contributed by atoms with Crippen LogP contribution in [0.1, 0.15) is 25.5 Å². The van der Waals surface area contributed by atoms with Crippen LogP contribution < -0.4 is 5.32 Å². The molecule has 0 unspecified atom stereocenters. The molecule has 2 rings (SSSR count). The van der Waals surface area contributed by atoms with E-state index in [9.17, 15) is 0 Å². The summed E-state index contributed by atoms with van der Waals surface area (Å²) in [6.07, 6.45) is 0. The van der Waals surface area contributed by atoms with E-state index in [2.05, 4.69) is 59.3 Å². The van der Waals surface area contributed by atoms with Crippen molar-refractivity contribution in [2.75, 3.05) is 45.8 Å². The maximum Gasteiger partial charge on any atom is 0.0476 e. The van der Waals surface area contributed by atoms with Crippen molar-refractivity contribution in [1.82, 2.24) is 15.1 Å². The molecule has 0 aromatic heterocycles. The molecule has 0 bridgehead atoms. The van der Waals surface area contributed by atoms with Gasteiger partial charge in [-0.05, 0) is 18.7 Å². The number of likely N-dealkylation sites (N-methyl/N-ethyl adjacent to an activating group) is 1. The van der Waals surface area contributed by atoms with Crippen molar-refractivity contribution in [1.29, 1.82) is 0 Å². The average molecular weight is 261 g/mol. The highest BCUT2D eigenvalue weighted by atomic mass is 15.2. The maximum absolute atomic E-state index is 3.45. The van der Waals surface area contributed by atoms with Crippen LogP contribution in [-0.2, 0) is 0 Å². The molecule has 106 valence electrons. The van der Waals surface area contributed by atoms with E-state index in [0.29, 0.717) is 6.04 Å². The van der Waals surface area contributed by atoms with Gasteiger partial charge >= 0.3 is 0 Å². The quantitative estimate of drug-likeness (QED) is 0.845. The van der Waals surface area contributed by atoms with Gasteiger partial charge in [0.05, 0.1) is 0 Å².